The van der Waals surface area contributed by atoms with Crippen LogP contribution in [0.3, 0.4) is 0 Å². The largest absolute Gasteiger partial charge is 0.505 e. The predicted octanol–water partition coefficient (Wildman–Crippen LogP) is 1.73. The average Bonchev–Trinajstić information content (AvgIpc) is 2.80. The molecule has 0 aromatic carbocycles. The van der Waals surface area contributed by atoms with E-state index in [2.05, 4.69) is 10.3 Å². The molecule has 0 fully saturated rings. The highest BCUT2D eigenvalue weighted by Gasteiger charge is 2.36. The first-order valence-corrected chi connectivity index (χ1v) is 8.25. The first-order valence-electron chi connectivity index (χ1n) is 6.00. The van der Waals surface area contributed by atoms with E-state index < -0.39 is 15.9 Å². The number of nitrogens with one attached hydrogen (secondary N) is 1. The highest BCUT2D eigenvalue weighted by Crippen LogP contribution is 2.31. The summed E-state index contributed by atoms with van der Waals surface area (Å²) in [5.41, 5.74) is -0.153. The first kappa shape index (κ1) is 15.5. The van der Waals surface area contributed by atoms with Crippen molar-refractivity contribution in [2.75, 3.05) is 12.4 Å². The normalized spacial score (nSPS) is 18.2. The number of sulfonamides is 1. The molecule has 0 saturated carbocycles. The van der Waals surface area contributed by atoms with Crippen molar-refractivity contribution in [3.63, 3.8) is 0 Å². The molecule has 0 aliphatic carbocycles. The topological polar surface area (TPSA) is 99.6 Å². The third kappa shape index (κ3) is 2.54. The predicted molar refractivity (Wildman–Crippen MR) is 80.2 cm³/mol. The van der Waals surface area contributed by atoms with Gasteiger partial charge in [0.25, 0.3) is 15.9 Å². The Balaban J connectivity index is 2.44. The van der Waals surface area contributed by atoms with E-state index in [0.717, 1.165) is 9.18 Å². The summed E-state index contributed by atoms with van der Waals surface area (Å²) in [6, 6.07) is 0. The van der Waals surface area contributed by atoms with E-state index in [1.54, 1.807) is 6.20 Å². The van der Waals surface area contributed by atoms with Crippen molar-refractivity contribution < 1.29 is 18.3 Å². The zero-order chi connectivity index (χ0) is 15.9. The third-order valence-corrected chi connectivity index (χ3v) is 6.04. The van der Waals surface area contributed by atoms with Crippen LogP contribution in [0.15, 0.2) is 28.1 Å². The number of nitrogens with zero attached hydrogens (tertiary/aromatic N) is 2. The molecule has 0 radical (unpaired) electrons. The van der Waals surface area contributed by atoms with Crippen molar-refractivity contribution in [1.82, 2.24) is 9.29 Å². The fourth-order valence-corrected chi connectivity index (χ4v) is 3.80. The number of likely N-dealkylation sites (N-methyl/N-ethyl adjacent to an activating group) is 1. The second-order valence-corrected chi connectivity index (χ2v) is 7.93. The maximum Gasteiger partial charge on any atom is 0.278 e. The average molecular weight is 329 g/mol. The van der Waals surface area contributed by atoms with E-state index in [9.17, 15) is 18.3 Å². The Morgan fingerprint density at radius 2 is 2.00 bits per heavy atom. The Morgan fingerprint density at radius 1 is 1.38 bits per heavy atom. The van der Waals surface area contributed by atoms with Crippen molar-refractivity contribution in [1.29, 1.82) is 0 Å². The number of carbonyl (C=O) groups is 1. The van der Waals surface area contributed by atoms with Crippen molar-refractivity contribution in [2.45, 2.75) is 20.8 Å². The number of aliphatic hydroxyl groups excluding tert-OH is 1. The van der Waals surface area contributed by atoms with Crippen LogP contribution in [0.5, 0.6) is 0 Å². The number of anilines is 1. The number of hydrogen-bond acceptors (Lipinski definition) is 6. The van der Waals surface area contributed by atoms with Gasteiger partial charge in [0.05, 0.1) is 4.91 Å². The lowest BCUT2D eigenvalue weighted by molar-refractivity contribution is -0.113. The number of hydrogen-bond donors (Lipinski definition) is 2. The molecule has 7 nitrogen and oxygen atoms in total. The molecule has 9 heteroatoms. The van der Waals surface area contributed by atoms with Crippen molar-refractivity contribution in [2.24, 2.45) is 0 Å². The second-order valence-electron chi connectivity index (χ2n) is 4.58. The van der Waals surface area contributed by atoms with Crippen LogP contribution >= 0.6 is 11.3 Å². The quantitative estimate of drug-likeness (QED) is 0.861. The van der Waals surface area contributed by atoms with Gasteiger partial charge in [-0.05, 0) is 20.8 Å². The van der Waals surface area contributed by atoms with Gasteiger partial charge in [0.15, 0.2) is 10.8 Å². The van der Waals surface area contributed by atoms with Crippen LogP contribution in [-0.2, 0) is 14.8 Å². The third-order valence-electron chi connectivity index (χ3n) is 3.23. The van der Waals surface area contributed by atoms with Crippen LogP contribution in [0.25, 0.3) is 0 Å². The molecule has 1 aliphatic rings. The number of carbonyl (C=O) groups excluding carboxylic acids is 1. The summed E-state index contributed by atoms with van der Waals surface area (Å²) in [6.45, 7) is 4.67. The Labute approximate surface area is 126 Å². The minimum absolute atomic E-state index is 0.0177. The van der Waals surface area contributed by atoms with E-state index in [0.29, 0.717) is 5.13 Å². The summed E-state index contributed by atoms with van der Waals surface area (Å²) in [5, 5.41) is 12.9. The highest BCUT2D eigenvalue weighted by molar-refractivity contribution is 7.93. The lowest BCUT2D eigenvalue weighted by Crippen LogP contribution is -2.37. The number of aliphatic hydroxyl groups is 1. The van der Waals surface area contributed by atoms with E-state index in [4.69, 9.17) is 0 Å². The summed E-state index contributed by atoms with van der Waals surface area (Å²) in [4.78, 5) is 17.1. The molecule has 2 N–H and O–H groups in total. The van der Waals surface area contributed by atoms with Gasteiger partial charge in [-0.3, -0.25) is 14.4 Å². The molecule has 2 rings (SSSR count). The summed E-state index contributed by atoms with van der Waals surface area (Å²) >= 11 is 1.26. The number of amides is 1. The smallest absolute Gasteiger partial charge is 0.278 e. The van der Waals surface area contributed by atoms with Gasteiger partial charge in [0.1, 0.15) is 5.76 Å². The molecule has 21 heavy (non-hydrogen) atoms. The first-order chi connectivity index (χ1) is 9.66. The van der Waals surface area contributed by atoms with Crippen LogP contribution in [0.1, 0.15) is 18.7 Å². The number of aromatic nitrogens is 1. The van der Waals surface area contributed by atoms with Gasteiger partial charge in [-0.2, -0.15) is 0 Å². The van der Waals surface area contributed by atoms with E-state index >= 15 is 0 Å². The maximum atomic E-state index is 12.2. The number of rotatable bonds is 2. The lowest BCUT2D eigenvalue weighted by atomic mass is 10.2. The van der Waals surface area contributed by atoms with Crippen LogP contribution in [0, 0.1) is 6.92 Å². The van der Waals surface area contributed by atoms with E-state index in [-0.39, 0.29) is 21.9 Å². The molecule has 114 valence electrons. The number of thiazole rings is 1. The summed E-state index contributed by atoms with van der Waals surface area (Å²) < 4.78 is 25.1. The minimum atomic E-state index is -3.79. The fourth-order valence-electron chi connectivity index (χ4n) is 1.83. The molecular weight excluding hydrogens is 314 g/mol. The molecule has 0 atom stereocenters. The highest BCUT2D eigenvalue weighted by atomic mass is 32.2. The maximum absolute atomic E-state index is 12.2. The molecule has 1 aromatic heterocycles. The van der Waals surface area contributed by atoms with Crippen LogP contribution in [0.2, 0.25) is 0 Å². The Bertz CT molecular complexity index is 774. The van der Waals surface area contributed by atoms with Gasteiger partial charge in [-0.1, -0.05) is 0 Å². The van der Waals surface area contributed by atoms with Gasteiger partial charge < -0.3 is 5.11 Å². The molecule has 0 unspecified atom stereocenters. The van der Waals surface area contributed by atoms with Crippen LogP contribution < -0.4 is 5.32 Å². The van der Waals surface area contributed by atoms with Crippen LogP contribution in [-0.4, -0.2) is 35.8 Å². The minimum Gasteiger partial charge on any atom is -0.505 e. The van der Waals surface area contributed by atoms with E-state index in [1.807, 2.05) is 6.92 Å². The molecular formula is C12H15N3O4S2. The van der Waals surface area contributed by atoms with Gasteiger partial charge in [-0.25, -0.2) is 13.4 Å². The number of aryl methyl sites for hydroxylation is 1. The van der Waals surface area contributed by atoms with Crippen LogP contribution in [0.4, 0.5) is 5.13 Å². The Kier molecular flexibility index (Phi) is 3.81. The van der Waals surface area contributed by atoms with Gasteiger partial charge in [0, 0.05) is 23.7 Å². The molecule has 1 amide bonds. The molecule has 0 spiro atoms. The van der Waals surface area contributed by atoms with Crippen molar-refractivity contribution in [3.8, 4) is 0 Å². The molecule has 1 aliphatic heterocycles. The van der Waals surface area contributed by atoms with Crippen molar-refractivity contribution in [3.05, 3.63) is 33.0 Å². The monoisotopic (exact) mass is 329 g/mol. The van der Waals surface area contributed by atoms with Gasteiger partial charge in [-0.15, -0.1) is 11.3 Å². The standard InChI is InChI=1S/C12H15N3O4S2/c1-6-5-13-12(20-6)14-11(17)9-10(16)7(2)8(3)21(18,19)15(9)4/h5,16H,1-4H3,(H,13,14,17). The fraction of sp³-hybridized carbons (Fsp3) is 0.333. The summed E-state index contributed by atoms with van der Waals surface area (Å²) in [6.07, 6.45) is 1.59. The summed E-state index contributed by atoms with van der Waals surface area (Å²) in [7, 11) is -2.56. The second kappa shape index (κ2) is 5.15. The van der Waals surface area contributed by atoms with Crippen molar-refractivity contribution >= 4 is 32.4 Å². The lowest BCUT2D eigenvalue weighted by Gasteiger charge is -2.28. The Morgan fingerprint density at radius 3 is 2.52 bits per heavy atom. The molecule has 0 bridgehead atoms. The molecule has 2 heterocycles. The molecule has 1 aromatic rings. The summed E-state index contributed by atoms with van der Waals surface area (Å²) in [5.74, 6) is -1.07. The van der Waals surface area contributed by atoms with E-state index in [1.165, 1.54) is 32.2 Å². The van der Waals surface area contributed by atoms with Gasteiger partial charge in [0.2, 0.25) is 0 Å². The Hall–Kier alpha value is -1.87. The SMILES string of the molecule is CC1=C(C)S(=O)(=O)N(C)C(C(=O)Nc2ncc(C)s2)=C1O. The number of allylic oxidation sites excluding steroid dienone is 2. The molecule has 0 saturated heterocycles. The zero-order valence-electron chi connectivity index (χ0n) is 12.0. The zero-order valence-corrected chi connectivity index (χ0v) is 13.6. The van der Waals surface area contributed by atoms with Gasteiger partial charge >= 0.3 is 0 Å².